The van der Waals surface area contributed by atoms with Gasteiger partial charge < -0.3 is 9.84 Å². The van der Waals surface area contributed by atoms with Gasteiger partial charge in [-0.05, 0) is 25.3 Å². The highest BCUT2D eigenvalue weighted by Gasteiger charge is 2.39. The average molecular weight is 249 g/mol. The first-order valence-corrected chi connectivity index (χ1v) is 6.24. The summed E-state index contributed by atoms with van der Waals surface area (Å²) in [6, 6.07) is 8.10. The van der Waals surface area contributed by atoms with E-state index in [0.29, 0.717) is 32.6 Å². The number of aryl methyl sites for hydroxylation is 1. The Hall–Kier alpha value is -1.39. The minimum absolute atomic E-state index is 0.507. The zero-order valence-electron chi connectivity index (χ0n) is 10.6. The van der Waals surface area contributed by atoms with Crippen LogP contribution in [0.2, 0.25) is 0 Å². The Labute approximate surface area is 107 Å². The summed E-state index contributed by atoms with van der Waals surface area (Å²) in [6.07, 6.45) is 1.04. The van der Waals surface area contributed by atoms with E-state index in [1.165, 1.54) is 5.56 Å². The zero-order chi connectivity index (χ0) is 13.0. The first-order valence-electron chi connectivity index (χ1n) is 6.24. The van der Waals surface area contributed by atoms with Gasteiger partial charge in [-0.1, -0.05) is 29.8 Å². The average Bonchev–Trinajstić information content (AvgIpc) is 2.37. The van der Waals surface area contributed by atoms with E-state index >= 15 is 0 Å². The lowest BCUT2D eigenvalue weighted by molar-refractivity contribution is -0.149. The molecule has 1 fully saturated rings. The number of nitrogens with one attached hydrogen (secondary N) is 1. The maximum atomic E-state index is 11.4. The minimum Gasteiger partial charge on any atom is -0.480 e. The molecule has 0 aliphatic carbocycles. The van der Waals surface area contributed by atoms with Gasteiger partial charge in [0.2, 0.25) is 0 Å². The molecule has 1 saturated heterocycles. The van der Waals surface area contributed by atoms with E-state index in [-0.39, 0.29) is 0 Å². The highest BCUT2D eigenvalue weighted by molar-refractivity contribution is 5.78. The lowest BCUT2D eigenvalue weighted by Crippen LogP contribution is -2.55. The Balaban J connectivity index is 2.04. The first kappa shape index (κ1) is 13.1. The molecule has 0 unspecified atom stereocenters. The molecule has 4 nitrogen and oxygen atoms in total. The summed E-state index contributed by atoms with van der Waals surface area (Å²) in [5.41, 5.74) is 1.47. The Bertz CT molecular complexity index is 425. The number of carboxylic acid groups (broad SMARTS) is 1. The molecule has 1 aromatic carbocycles. The number of hydrogen-bond acceptors (Lipinski definition) is 3. The molecule has 18 heavy (non-hydrogen) atoms. The van der Waals surface area contributed by atoms with Gasteiger partial charge in [-0.25, -0.2) is 0 Å². The molecule has 0 saturated carbocycles. The van der Waals surface area contributed by atoms with Gasteiger partial charge in [0.25, 0.3) is 0 Å². The number of carbonyl (C=O) groups is 1. The molecule has 1 aromatic rings. The smallest absolute Gasteiger partial charge is 0.324 e. The van der Waals surface area contributed by atoms with Crippen LogP contribution in [0.4, 0.5) is 0 Å². The quantitative estimate of drug-likeness (QED) is 0.853. The van der Waals surface area contributed by atoms with Crippen LogP contribution in [0.25, 0.3) is 0 Å². The van der Waals surface area contributed by atoms with E-state index in [2.05, 4.69) is 11.4 Å². The summed E-state index contributed by atoms with van der Waals surface area (Å²) in [7, 11) is 0. The van der Waals surface area contributed by atoms with Crippen LogP contribution in [-0.4, -0.2) is 29.8 Å². The Morgan fingerprint density at radius 2 is 2.17 bits per heavy atom. The van der Waals surface area contributed by atoms with Crippen molar-refractivity contribution in [3.05, 3.63) is 35.4 Å². The van der Waals surface area contributed by atoms with Gasteiger partial charge in [-0.3, -0.25) is 10.1 Å². The summed E-state index contributed by atoms with van der Waals surface area (Å²) in [5, 5.41) is 12.6. The predicted octanol–water partition coefficient (Wildman–Crippen LogP) is 1.72. The van der Waals surface area contributed by atoms with Crippen molar-refractivity contribution in [1.29, 1.82) is 0 Å². The van der Waals surface area contributed by atoms with E-state index in [1.807, 2.05) is 25.1 Å². The zero-order valence-corrected chi connectivity index (χ0v) is 10.6. The number of rotatable bonds is 4. The molecule has 4 heteroatoms. The fourth-order valence-corrected chi connectivity index (χ4v) is 2.28. The third-order valence-electron chi connectivity index (χ3n) is 3.47. The van der Waals surface area contributed by atoms with Crippen molar-refractivity contribution in [3.63, 3.8) is 0 Å². The normalized spacial score (nSPS) is 18.5. The van der Waals surface area contributed by atoms with Crippen molar-refractivity contribution < 1.29 is 14.6 Å². The lowest BCUT2D eigenvalue weighted by Gasteiger charge is -2.34. The van der Waals surface area contributed by atoms with Crippen molar-refractivity contribution in [2.24, 2.45) is 0 Å². The predicted molar refractivity (Wildman–Crippen MR) is 68.4 cm³/mol. The topological polar surface area (TPSA) is 58.6 Å². The molecule has 1 heterocycles. The molecule has 98 valence electrons. The molecule has 1 aliphatic rings. The van der Waals surface area contributed by atoms with Crippen LogP contribution in [-0.2, 0) is 16.1 Å². The van der Waals surface area contributed by atoms with E-state index < -0.39 is 11.5 Å². The summed E-state index contributed by atoms with van der Waals surface area (Å²) in [4.78, 5) is 11.4. The fraction of sp³-hybridized carbons (Fsp3) is 0.500. The van der Waals surface area contributed by atoms with Crippen molar-refractivity contribution in [3.8, 4) is 0 Å². The van der Waals surface area contributed by atoms with E-state index in [4.69, 9.17) is 4.74 Å². The van der Waals surface area contributed by atoms with Gasteiger partial charge in [0, 0.05) is 19.8 Å². The molecule has 2 N–H and O–H groups in total. The van der Waals surface area contributed by atoms with Crippen molar-refractivity contribution in [2.45, 2.75) is 31.8 Å². The largest absolute Gasteiger partial charge is 0.480 e. The van der Waals surface area contributed by atoms with Gasteiger partial charge in [-0.2, -0.15) is 0 Å². The SMILES string of the molecule is Cc1cccc(CNC2(C(=O)O)CCOCC2)c1. The second-order valence-corrected chi connectivity index (χ2v) is 4.84. The highest BCUT2D eigenvalue weighted by Crippen LogP contribution is 2.21. The number of ether oxygens (including phenoxy) is 1. The molecular formula is C14H19NO3. The third-order valence-corrected chi connectivity index (χ3v) is 3.47. The molecular weight excluding hydrogens is 230 g/mol. The van der Waals surface area contributed by atoms with Crippen molar-refractivity contribution >= 4 is 5.97 Å². The van der Waals surface area contributed by atoms with Crippen LogP contribution in [0.5, 0.6) is 0 Å². The maximum Gasteiger partial charge on any atom is 0.324 e. The fourth-order valence-electron chi connectivity index (χ4n) is 2.28. The monoisotopic (exact) mass is 249 g/mol. The Morgan fingerprint density at radius 1 is 1.44 bits per heavy atom. The van der Waals surface area contributed by atoms with Gasteiger partial charge >= 0.3 is 5.97 Å². The summed E-state index contributed by atoms with van der Waals surface area (Å²) < 4.78 is 5.24. The van der Waals surface area contributed by atoms with Gasteiger partial charge in [0.1, 0.15) is 5.54 Å². The lowest BCUT2D eigenvalue weighted by atomic mass is 9.90. The van der Waals surface area contributed by atoms with Crippen molar-refractivity contribution in [1.82, 2.24) is 5.32 Å². The Morgan fingerprint density at radius 3 is 2.78 bits per heavy atom. The highest BCUT2D eigenvalue weighted by atomic mass is 16.5. The second-order valence-electron chi connectivity index (χ2n) is 4.84. The first-order chi connectivity index (χ1) is 8.62. The molecule has 1 aliphatic heterocycles. The standard InChI is InChI=1S/C14H19NO3/c1-11-3-2-4-12(9-11)10-15-14(13(16)17)5-7-18-8-6-14/h2-4,9,15H,5-8,10H2,1H3,(H,16,17). The Kier molecular flexibility index (Phi) is 3.99. The number of aliphatic carboxylic acids is 1. The van der Waals surface area contributed by atoms with Crippen LogP contribution in [0.15, 0.2) is 24.3 Å². The number of carboxylic acids is 1. The van der Waals surface area contributed by atoms with E-state index in [1.54, 1.807) is 0 Å². The minimum atomic E-state index is -0.831. The molecule has 0 atom stereocenters. The van der Waals surface area contributed by atoms with E-state index in [0.717, 1.165) is 5.56 Å². The summed E-state index contributed by atoms with van der Waals surface area (Å²) in [6.45, 7) is 3.62. The van der Waals surface area contributed by atoms with Crippen LogP contribution >= 0.6 is 0 Å². The summed E-state index contributed by atoms with van der Waals surface area (Å²) in [5.74, 6) is -0.779. The molecule has 0 bridgehead atoms. The van der Waals surface area contributed by atoms with Crippen LogP contribution in [0.3, 0.4) is 0 Å². The van der Waals surface area contributed by atoms with Crippen molar-refractivity contribution in [2.75, 3.05) is 13.2 Å². The van der Waals surface area contributed by atoms with Gasteiger partial charge in [0.05, 0.1) is 0 Å². The van der Waals surface area contributed by atoms with Gasteiger partial charge in [-0.15, -0.1) is 0 Å². The molecule has 0 spiro atoms. The van der Waals surface area contributed by atoms with Crippen LogP contribution < -0.4 is 5.32 Å². The van der Waals surface area contributed by atoms with E-state index in [9.17, 15) is 9.90 Å². The number of hydrogen-bond donors (Lipinski definition) is 2. The molecule has 0 amide bonds. The van der Waals surface area contributed by atoms with Gasteiger partial charge in [0.15, 0.2) is 0 Å². The molecule has 2 rings (SSSR count). The maximum absolute atomic E-state index is 11.4. The molecule has 0 radical (unpaired) electrons. The number of benzene rings is 1. The third kappa shape index (κ3) is 2.89. The molecule has 0 aromatic heterocycles. The van der Waals surface area contributed by atoms with Crippen LogP contribution in [0, 0.1) is 6.92 Å². The van der Waals surface area contributed by atoms with Crippen LogP contribution in [0.1, 0.15) is 24.0 Å². The second kappa shape index (κ2) is 5.50. The summed E-state index contributed by atoms with van der Waals surface area (Å²) >= 11 is 0.